The third-order valence-corrected chi connectivity index (χ3v) is 4.10. The zero-order valence-electron chi connectivity index (χ0n) is 14.4. The number of pyridine rings is 1. The fraction of sp³-hybridized carbons (Fsp3) is 0.222. The van der Waals surface area contributed by atoms with Crippen LogP contribution in [0.5, 0.6) is 0 Å². The van der Waals surface area contributed by atoms with Crippen molar-refractivity contribution in [3.63, 3.8) is 0 Å². The van der Waals surface area contributed by atoms with E-state index in [1.807, 2.05) is 30.3 Å². The number of aromatic amines is 1. The number of hydrogen-bond donors (Lipinski definition) is 3. The summed E-state index contributed by atoms with van der Waals surface area (Å²) in [5.74, 6) is 0.387. The number of rotatable bonds is 7. The van der Waals surface area contributed by atoms with Crippen molar-refractivity contribution in [2.45, 2.75) is 0 Å². The predicted octanol–water partition coefficient (Wildman–Crippen LogP) is 1.08. The molecule has 3 aromatic heterocycles. The molecule has 0 saturated heterocycles. The molecular weight excluding hydrogens is 348 g/mol. The van der Waals surface area contributed by atoms with Crippen LogP contribution in [0.4, 0.5) is 5.95 Å². The van der Waals surface area contributed by atoms with E-state index in [2.05, 4.69) is 25.5 Å². The van der Waals surface area contributed by atoms with Gasteiger partial charge in [0, 0.05) is 12.7 Å². The molecule has 0 amide bonds. The molecule has 9 heteroatoms. The lowest BCUT2D eigenvalue weighted by molar-refractivity contribution is 0.0991. The van der Waals surface area contributed by atoms with E-state index in [0.29, 0.717) is 46.7 Å². The number of aliphatic hydroxyl groups excluding tert-OH is 1. The van der Waals surface area contributed by atoms with E-state index in [4.69, 9.17) is 9.84 Å². The van der Waals surface area contributed by atoms with E-state index >= 15 is 0 Å². The van der Waals surface area contributed by atoms with Gasteiger partial charge < -0.3 is 15.2 Å². The molecule has 0 unspecified atom stereocenters. The maximum Gasteiger partial charge on any atom is 0.267 e. The molecule has 0 aliphatic carbocycles. The van der Waals surface area contributed by atoms with Crippen molar-refractivity contribution in [3.8, 4) is 5.69 Å². The number of anilines is 1. The van der Waals surface area contributed by atoms with Crippen LogP contribution in [0.1, 0.15) is 0 Å². The van der Waals surface area contributed by atoms with Gasteiger partial charge in [0.2, 0.25) is 5.95 Å². The van der Waals surface area contributed by atoms with Crippen LogP contribution in [0, 0.1) is 0 Å². The Morgan fingerprint density at radius 3 is 2.81 bits per heavy atom. The van der Waals surface area contributed by atoms with Crippen LogP contribution in [0.15, 0.2) is 47.5 Å². The molecule has 4 rings (SSSR count). The van der Waals surface area contributed by atoms with E-state index in [9.17, 15) is 4.79 Å². The highest BCUT2D eigenvalue weighted by molar-refractivity contribution is 6.02. The van der Waals surface area contributed by atoms with Crippen molar-refractivity contribution in [2.24, 2.45) is 0 Å². The summed E-state index contributed by atoms with van der Waals surface area (Å²) in [6, 6.07) is 9.33. The van der Waals surface area contributed by atoms with Gasteiger partial charge in [-0.1, -0.05) is 18.2 Å². The molecule has 0 aliphatic heterocycles. The van der Waals surface area contributed by atoms with E-state index < -0.39 is 0 Å². The number of nitrogens with zero attached hydrogens (tertiary/aromatic N) is 4. The molecule has 9 nitrogen and oxygen atoms in total. The number of aliphatic hydroxyl groups is 1. The molecule has 138 valence electrons. The molecular formula is C18H18N6O3. The van der Waals surface area contributed by atoms with Gasteiger partial charge in [-0.15, -0.1) is 0 Å². The first kappa shape index (κ1) is 17.1. The van der Waals surface area contributed by atoms with Crippen LogP contribution in [0.2, 0.25) is 0 Å². The normalized spacial score (nSPS) is 11.3. The molecule has 0 saturated carbocycles. The van der Waals surface area contributed by atoms with Crippen LogP contribution in [0.25, 0.3) is 27.6 Å². The third kappa shape index (κ3) is 3.25. The summed E-state index contributed by atoms with van der Waals surface area (Å²) < 4.78 is 6.77. The van der Waals surface area contributed by atoms with Crippen molar-refractivity contribution < 1.29 is 9.84 Å². The summed E-state index contributed by atoms with van der Waals surface area (Å²) in [6.07, 6.45) is 3.18. The molecule has 0 radical (unpaired) electrons. The van der Waals surface area contributed by atoms with Crippen LogP contribution in [0.3, 0.4) is 0 Å². The lowest BCUT2D eigenvalue weighted by Gasteiger charge is -2.12. The number of aromatic nitrogens is 5. The fourth-order valence-corrected chi connectivity index (χ4v) is 2.89. The molecule has 4 aromatic rings. The maximum atomic E-state index is 13.0. The van der Waals surface area contributed by atoms with Crippen molar-refractivity contribution in [1.82, 2.24) is 24.7 Å². The second kappa shape index (κ2) is 7.52. The summed E-state index contributed by atoms with van der Waals surface area (Å²) in [6.45, 7) is 1.15. The Kier molecular flexibility index (Phi) is 4.77. The van der Waals surface area contributed by atoms with Crippen molar-refractivity contribution in [2.75, 3.05) is 31.7 Å². The molecule has 0 aliphatic rings. The first-order valence-electron chi connectivity index (χ1n) is 8.52. The summed E-state index contributed by atoms with van der Waals surface area (Å²) in [4.78, 5) is 21.9. The van der Waals surface area contributed by atoms with Gasteiger partial charge in [0.05, 0.1) is 48.0 Å². The fourth-order valence-electron chi connectivity index (χ4n) is 2.89. The average molecular weight is 366 g/mol. The van der Waals surface area contributed by atoms with Crippen LogP contribution >= 0.6 is 0 Å². The van der Waals surface area contributed by atoms with Crippen molar-refractivity contribution >= 4 is 27.9 Å². The first-order chi connectivity index (χ1) is 13.3. The first-order valence-corrected chi connectivity index (χ1v) is 8.52. The Morgan fingerprint density at radius 1 is 1.15 bits per heavy atom. The highest BCUT2D eigenvalue weighted by atomic mass is 16.5. The highest BCUT2D eigenvalue weighted by Crippen LogP contribution is 2.22. The summed E-state index contributed by atoms with van der Waals surface area (Å²) in [5, 5.41) is 19.8. The Morgan fingerprint density at radius 2 is 2.00 bits per heavy atom. The number of fused-ring (bicyclic) bond motifs is 3. The van der Waals surface area contributed by atoms with Gasteiger partial charge in [-0.2, -0.15) is 10.1 Å². The van der Waals surface area contributed by atoms with Gasteiger partial charge in [-0.25, -0.2) is 4.98 Å². The minimum atomic E-state index is -0.201. The Bertz CT molecular complexity index is 1120. The lowest BCUT2D eigenvalue weighted by atomic mass is 10.2. The predicted molar refractivity (Wildman–Crippen MR) is 101 cm³/mol. The van der Waals surface area contributed by atoms with Gasteiger partial charge in [-0.05, 0) is 12.1 Å². The SMILES string of the molecule is O=c1c2cn[nH]c2c2cnc(NCCOCCO)nc2n1-c1ccccc1. The zero-order valence-corrected chi connectivity index (χ0v) is 14.4. The number of benzene rings is 1. The molecule has 0 bridgehead atoms. The van der Waals surface area contributed by atoms with E-state index in [0.717, 1.165) is 0 Å². The van der Waals surface area contributed by atoms with E-state index in [1.54, 1.807) is 10.8 Å². The molecule has 0 fully saturated rings. The summed E-state index contributed by atoms with van der Waals surface area (Å²) >= 11 is 0. The summed E-state index contributed by atoms with van der Waals surface area (Å²) in [5.41, 5.74) is 1.61. The second-order valence-electron chi connectivity index (χ2n) is 5.83. The summed E-state index contributed by atoms with van der Waals surface area (Å²) in [7, 11) is 0. The standard InChI is InChI=1S/C18H18N6O3/c25-7-9-27-8-6-19-18-20-10-13-15-14(11-21-23-15)17(26)24(16(13)22-18)12-4-2-1-3-5-12/h1-5,10-11,25H,6-9H2,(H,21,23)(H,19,20,22). The Balaban J connectivity index is 1.81. The smallest absolute Gasteiger partial charge is 0.267 e. The van der Waals surface area contributed by atoms with Crippen molar-refractivity contribution in [3.05, 3.63) is 53.1 Å². The van der Waals surface area contributed by atoms with E-state index in [1.165, 1.54) is 6.20 Å². The van der Waals surface area contributed by atoms with Gasteiger partial charge in [0.1, 0.15) is 0 Å². The van der Waals surface area contributed by atoms with Gasteiger partial charge in [0.25, 0.3) is 5.56 Å². The Hall–Kier alpha value is -3.30. The van der Waals surface area contributed by atoms with Gasteiger partial charge >= 0.3 is 0 Å². The van der Waals surface area contributed by atoms with Crippen molar-refractivity contribution in [1.29, 1.82) is 0 Å². The van der Waals surface area contributed by atoms with Crippen LogP contribution < -0.4 is 10.9 Å². The minimum Gasteiger partial charge on any atom is -0.394 e. The zero-order chi connectivity index (χ0) is 18.6. The second-order valence-corrected chi connectivity index (χ2v) is 5.83. The maximum absolute atomic E-state index is 13.0. The number of hydrogen-bond acceptors (Lipinski definition) is 7. The van der Waals surface area contributed by atoms with Gasteiger partial charge in [0.15, 0.2) is 5.65 Å². The third-order valence-electron chi connectivity index (χ3n) is 4.10. The molecule has 27 heavy (non-hydrogen) atoms. The minimum absolute atomic E-state index is 0.0178. The molecule has 0 spiro atoms. The largest absolute Gasteiger partial charge is 0.394 e. The van der Waals surface area contributed by atoms with Gasteiger partial charge in [-0.3, -0.25) is 14.5 Å². The van der Waals surface area contributed by atoms with Crippen LogP contribution in [-0.4, -0.2) is 56.2 Å². The quantitative estimate of drug-likeness (QED) is 0.419. The number of para-hydroxylation sites is 1. The monoisotopic (exact) mass is 366 g/mol. The number of H-pyrrole nitrogens is 1. The molecule has 0 atom stereocenters. The number of nitrogens with one attached hydrogen (secondary N) is 2. The highest BCUT2D eigenvalue weighted by Gasteiger charge is 2.15. The van der Waals surface area contributed by atoms with E-state index in [-0.39, 0.29) is 18.8 Å². The molecule has 3 heterocycles. The average Bonchev–Trinajstić information content (AvgIpc) is 3.19. The molecule has 1 aromatic carbocycles. The molecule has 3 N–H and O–H groups in total. The Labute approximate surface area is 153 Å². The number of ether oxygens (including phenoxy) is 1. The topological polar surface area (TPSA) is 118 Å². The van der Waals surface area contributed by atoms with Crippen LogP contribution in [-0.2, 0) is 4.74 Å². The lowest BCUT2D eigenvalue weighted by Crippen LogP contribution is -2.20.